The standard InChI is InChI=1S/C20H18N2O3/c23-13-17(24)8-6-16-7-9-18-19(12-16)21-14-22(20(18)25)11-10-15-4-2-1-3-5-15/h1-9,12,14,23H,10-11,13H2/b8-6+. The number of fused-ring (bicyclic) bond motifs is 1. The first kappa shape index (κ1) is 16.8. The van der Waals surface area contributed by atoms with Crippen LogP contribution >= 0.6 is 0 Å². The summed E-state index contributed by atoms with van der Waals surface area (Å²) in [5, 5.41) is 9.27. The fraction of sp³-hybridized carbons (Fsp3) is 0.150. The monoisotopic (exact) mass is 334 g/mol. The lowest BCUT2D eigenvalue weighted by Gasteiger charge is -2.07. The number of aryl methyl sites for hydroxylation is 2. The number of aliphatic hydroxyl groups is 1. The van der Waals surface area contributed by atoms with Crippen molar-refractivity contribution in [2.45, 2.75) is 13.0 Å². The second kappa shape index (κ2) is 7.68. The highest BCUT2D eigenvalue weighted by molar-refractivity contribution is 5.94. The van der Waals surface area contributed by atoms with E-state index in [2.05, 4.69) is 4.98 Å². The minimum atomic E-state index is -0.519. The summed E-state index contributed by atoms with van der Waals surface area (Å²) in [6.45, 7) is 0.0485. The van der Waals surface area contributed by atoms with Gasteiger partial charge in [-0.15, -0.1) is 0 Å². The zero-order valence-electron chi connectivity index (χ0n) is 13.6. The second-order valence-electron chi connectivity index (χ2n) is 5.71. The van der Waals surface area contributed by atoms with Crippen molar-refractivity contribution in [3.8, 4) is 0 Å². The zero-order chi connectivity index (χ0) is 17.6. The predicted octanol–water partition coefficient (Wildman–Crippen LogP) is 2.21. The molecule has 3 rings (SSSR count). The summed E-state index contributed by atoms with van der Waals surface area (Å²) in [4.78, 5) is 28.1. The van der Waals surface area contributed by atoms with Crippen LogP contribution in [0.1, 0.15) is 11.1 Å². The van der Waals surface area contributed by atoms with Gasteiger partial charge in [-0.1, -0.05) is 42.5 Å². The molecule has 3 aromatic rings. The van der Waals surface area contributed by atoms with Crippen molar-refractivity contribution in [2.24, 2.45) is 0 Å². The van der Waals surface area contributed by atoms with E-state index in [-0.39, 0.29) is 11.3 Å². The lowest BCUT2D eigenvalue weighted by atomic mass is 10.1. The van der Waals surface area contributed by atoms with E-state index in [1.165, 1.54) is 11.6 Å². The van der Waals surface area contributed by atoms with Crippen molar-refractivity contribution in [1.29, 1.82) is 0 Å². The summed E-state index contributed by atoms with van der Waals surface area (Å²) < 4.78 is 1.61. The summed E-state index contributed by atoms with van der Waals surface area (Å²) in [5.74, 6) is -0.371. The Hall–Kier alpha value is -3.05. The number of rotatable bonds is 6. The van der Waals surface area contributed by atoms with Gasteiger partial charge in [0.1, 0.15) is 6.61 Å². The van der Waals surface area contributed by atoms with Crippen molar-refractivity contribution in [2.75, 3.05) is 6.61 Å². The summed E-state index contributed by atoms with van der Waals surface area (Å²) in [7, 11) is 0. The highest BCUT2D eigenvalue weighted by Crippen LogP contribution is 2.12. The van der Waals surface area contributed by atoms with Crippen LogP contribution in [0.4, 0.5) is 0 Å². The Balaban J connectivity index is 1.84. The fourth-order valence-electron chi connectivity index (χ4n) is 2.57. The minimum absolute atomic E-state index is 0.0807. The average Bonchev–Trinajstić information content (AvgIpc) is 2.66. The zero-order valence-corrected chi connectivity index (χ0v) is 13.6. The van der Waals surface area contributed by atoms with Crippen molar-refractivity contribution in [3.63, 3.8) is 0 Å². The third kappa shape index (κ3) is 4.08. The normalized spacial score (nSPS) is 11.2. The Morgan fingerprint density at radius 2 is 1.96 bits per heavy atom. The van der Waals surface area contributed by atoms with Gasteiger partial charge in [0.15, 0.2) is 5.78 Å². The Morgan fingerprint density at radius 3 is 2.72 bits per heavy atom. The first-order chi connectivity index (χ1) is 12.2. The smallest absolute Gasteiger partial charge is 0.261 e. The van der Waals surface area contributed by atoms with Gasteiger partial charge in [0.25, 0.3) is 5.56 Å². The summed E-state index contributed by atoms with van der Waals surface area (Å²) >= 11 is 0. The number of hydrogen-bond acceptors (Lipinski definition) is 4. The van der Waals surface area contributed by atoms with Gasteiger partial charge >= 0.3 is 0 Å². The third-order valence-corrected chi connectivity index (χ3v) is 3.95. The molecule has 2 aromatic carbocycles. The summed E-state index contributed by atoms with van der Waals surface area (Å²) in [5.41, 5.74) is 2.43. The lowest BCUT2D eigenvalue weighted by molar-refractivity contribution is -0.117. The van der Waals surface area contributed by atoms with E-state index in [0.29, 0.717) is 17.4 Å². The Labute approximate surface area is 144 Å². The first-order valence-electron chi connectivity index (χ1n) is 8.02. The van der Waals surface area contributed by atoms with Crippen LogP contribution in [0.2, 0.25) is 0 Å². The SMILES string of the molecule is O=C(/C=C/c1ccc2c(=O)n(CCc3ccccc3)cnc2c1)CO. The molecule has 0 spiro atoms. The molecule has 0 atom stereocenters. The molecule has 0 unspecified atom stereocenters. The molecule has 0 saturated carbocycles. The van der Waals surface area contributed by atoms with Crippen LogP contribution < -0.4 is 5.56 Å². The molecule has 0 fully saturated rings. The number of aromatic nitrogens is 2. The van der Waals surface area contributed by atoms with Gasteiger partial charge in [0.05, 0.1) is 17.2 Å². The van der Waals surface area contributed by atoms with Gasteiger partial charge in [0, 0.05) is 6.54 Å². The van der Waals surface area contributed by atoms with Crippen molar-refractivity contribution < 1.29 is 9.90 Å². The molecule has 25 heavy (non-hydrogen) atoms. The maximum absolute atomic E-state index is 12.6. The maximum atomic E-state index is 12.6. The van der Waals surface area contributed by atoms with Crippen LogP contribution in [0.15, 0.2) is 65.7 Å². The van der Waals surface area contributed by atoms with E-state index >= 15 is 0 Å². The van der Waals surface area contributed by atoms with Crippen molar-refractivity contribution in [1.82, 2.24) is 9.55 Å². The van der Waals surface area contributed by atoms with E-state index in [9.17, 15) is 9.59 Å². The molecule has 0 radical (unpaired) electrons. The molecule has 0 aliphatic heterocycles. The summed E-state index contributed by atoms with van der Waals surface area (Å²) in [6.07, 6.45) is 5.22. The molecular formula is C20H18N2O3. The van der Waals surface area contributed by atoms with Crippen LogP contribution in [0, 0.1) is 0 Å². The number of carbonyl (C=O) groups excluding carboxylic acids is 1. The topological polar surface area (TPSA) is 72.2 Å². The molecule has 1 aromatic heterocycles. The minimum Gasteiger partial charge on any atom is -0.388 e. The summed E-state index contributed by atoms with van der Waals surface area (Å²) in [6, 6.07) is 15.2. The Morgan fingerprint density at radius 1 is 1.16 bits per heavy atom. The highest BCUT2D eigenvalue weighted by Gasteiger charge is 2.05. The Kier molecular flexibility index (Phi) is 5.16. The number of ketones is 1. The number of nitrogens with zero attached hydrogens (tertiary/aromatic N) is 2. The van der Waals surface area contributed by atoms with Crippen LogP contribution in [0.25, 0.3) is 17.0 Å². The van der Waals surface area contributed by atoms with E-state index in [1.807, 2.05) is 30.3 Å². The highest BCUT2D eigenvalue weighted by atomic mass is 16.3. The molecule has 1 heterocycles. The van der Waals surface area contributed by atoms with Gasteiger partial charge in [-0.2, -0.15) is 0 Å². The van der Waals surface area contributed by atoms with Gasteiger partial charge in [-0.3, -0.25) is 14.2 Å². The quantitative estimate of drug-likeness (QED) is 0.702. The van der Waals surface area contributed by atoms with Crippen LogP contribution in [-0.2, 0) is 17.8 Å². The number of benzene rings is 2. The average molecular weight is 334 g/mol. The van der Waals surface area contributed by atoms with Crippen molar-refractivity contribution >= 4 is 22.8 Å². The molecule has 0 aliphatic rings. The molecule has 0 bridgehead atoms. The van der Waals surface area contributed by atoms with Crippen molar-refractivity contribution in [3.05, 3.63) is 82.4 Å². The van der Waals surface area contributed by atoms with Gasteiger partial charge < -0.3 is 5.11 Å². The van der Waals surface area contributed by atoms with Crippen LogP contribution in [0.5, 0.6) is 0 Å². The first-order valence-corrected chi connectivity index (χ1v) is 8.02. The molecule has 5 heteroatoms. The number of aliphatic hydroxyl groups excluding tert-OH is 1. The maximum Gasteiger partial charge on any atom is 0.261 e. The number of hydrogen-bond donors (Lipinski definition) is 1. The second-order valence-corrected chi connectivity index (χ2v) is 5.71. The molecule has 0 saturated heterocycles. The molecule has 5 nitrogen and oxygen atoms in total. The van der Waals surface area contributed by atoms with E-state index in [0.717, 1.165) is 12.0 Å². The molecular weight excluding hydrogens is 316 g/mol. The number of carbonyl (C=O) groups is 1. The Bertz CT molecular complexity index is 975. The fourth-order valence-corrected chi connectivity index (χ4v) is 2.57. The molecule has 126 valence electrons. The van der Waals surface area contributed by atoms with Gasteiger partial charge in [-0.25, -0.2) is 4.98 Å². The van der Waals surface area contributed by atoms with E-state index in [1.54, 1.807) is 35.2 Å². The van der Waals surface area contributed by atoms with Crippen LogP contribution in [0.3, 0.4) is 0 Å². The van der Waals surface area contributed by atoms with E-state index in [4.69, 9.17) is 5.11 Å². The molecule has 0 aliphatic carbocycles. The molecule has 0 amide bonds. The predicted molar refractivity (Wildman–Crippen MR) is 97.3 cm³/mol. The third-order valence-electron chi connectivity index (χ3n) is 3.95. The largest absolute Gasteiger partial charge is 0.388 e. The molecule has 1 N–H and O–H groups in total. The van der Waals surface area contributed by atoms with Crippen LogP contribution in [-0.4, -0.2) is 27.0 Å². The van der Waals surface area contributed by atoms with Gasteiger partial charge in [-0.05, 0) is 35.8 Å². The van der Waals surface area contributed by atoms with E-state index < -0.39 is 6.61 Å². The lowest BCUT2D eigenvalue weighted by Crippen LogP contribution is -2.21. The van der Waals surface area contributed by atoms with Gasteiger partial charge in [0.2, 0.25) is 0 Å².